The van der Waals surface area contributed by atoms with E-state index in [9.17, 15) is 9.59 Å². The molecular formula is C7H13NO3S3. The van der Waals surface area contributed by atoms with E-state index in [1.54, 1.807) is 0 Å². The Morgan fingerprint density at radius 3 is 2.43 bits per heavy atom. The molecule has 1 unspecified atom stereocenters. The molecule has 4 nitrogen and oxygen atoms in total. The molecule has 0 spiro atoms. The molecule has 0 saturated heterocycles. The highest BCUT2D eigenvalue weighted by Gasteiger charge is 2.23. The topological polar surface area (TPSA) is 66.4 Å². The van der Waals surface area contributed by atoms with Crippen LogP contribution < -0.4 is 4.72 Å². The van der Waals surface area contributed by atoms with Crippen LogP contribution in [0.5, 0.6) is 0 Å². The summed E-state index contributed by atoms with van der Waals surface area (Å²) < 4.78 is 2.41. The van der Waals surface area contributed by atoms with Crippen LogP contribution in [0.15, 0.2) is 0 Å². The van der Waals surface area contributed by atoms with Crippen molar-refractivity contribution < 1.29 is 14.7 Å². The van der Waals surface area contributed by atoms with Gasteiger partial charge in [0.05, 0.1) is 11.7 Å². The standard InChI is InChI=1S/C7H13NO3S3/c1-4(2)13-5(3-6(9)10)7(11)8-14-12/h4-5,12H,3H2,1-2H3,(H,8,11)(H,9,10). The molecule has 0 aromatic heterocycles. The summed E-state index contributed by atoms with van der Waals surface area (Å²) in [6, 6.07) is 0. The number of aliphatic carboxylic acids is 1. The van der Waals surface area contributed by atoms with E-state index in [1.807, 2.05) is 13.8 Å². The van der Waals surface area contributed by atoms with E-state index in [-0.39, 0.29) is 17.6 Å². The van der Waals surface area contributed by atoms with Crippen LogP contribution in [-0.2, 0) is 9.59 Å². The van der Waals surface area contributed by atoms with Gasteiger partial charge in [-0.1, -0.05) is 25.5 Å². The minimum Gasteiger partial charge on any atom is -0.481 e. The molecule has 82 valence electrons. The molecule has 2 N–H and O–H groups in total. The first-order chi connectivity index (χ1) is 6.47. The molecule has 1 amide bonds. The first-order valence-corrected chi connectivity index (χ1v) is 6.76. The number of hydrogen-bond acceptors (Lipinski definition) is 5. The largest absolute Gasteiger partial charge is 0.481 e. The molecule has 0 aliphatic heterocycles. The van der Waals surface area contributed by atoms with E-state index in [2.05, 4.69) is 16.4 Å². The number of thioether (sulfide) groups is 1. The van der Waals surface area contributed by atoms with Gasteiger partial charge in [-0.25, -0.2) is 0 Å². The highest BCUT2D eigenvalue weighted by Crippen LogP contribution is 2.21. The van der Waals surface area contributed by atoms with Crippen molar-refractivity contribution in [1.29, 1.82) is 0 Å². The minimum absolute atomic E-state index is 0.164. The minimum atomic E-state index is -0.970. The van der Waals surface area contributed by atoms with Gasteiger partial charge in [0.25, 0.3) is 0 Å². The zero-order chi connectivity index (χ0) is 11.1. The predicted molar refractivity (Wildman–Crippen MR) is 63.5 cm³/mol. The van der Waals surface area contributed by atoms with Crippen molar-refractivity contribution in [3.8, 4) is 0 Å². The van der Waals surface area contributed by atoms with Gasteiger partial charge in [-0.2, -0.15) is 0 Å². The lowest BCUT2D eigenvalue weighted by atomic mass is 10.3. The summed E-state index contributed by atoms with van der Waals surface area (Å²) in [7, 11) is 0.881. The van der Waals surface area contributed by atoms with Gasteiger partial charge in [0, 0.05) is 11.0 Å². The average molecular weight is 255 g/mol. The quantitative estimate of drug-likeness (QED) is 0.382. The van der Waals surface area contributed by atoms with Crippen LogP contribution in [0.4, 0.5) is 0 Å². The Hall–Kier alpha value is -0.0100. The van der Waals surface area contributed by atoms with Gasteiger partial charge in [0.2, 0.25) is 5.91 Å². The summed E-state index contributed by atoms with van der Waals surface area (Å²) in [5.41, 5.74) is 0. The third-order valence-corrected chi connectivity index (χ3v) is 3.06. The predicted octanol–water partition coefficient (Wildman–Crippen LogP) is 1.58. The molecule has 14 heavy (non-hydrogen) atoms. The average Bonchev–Trinajstić information content (AvgIpc) is 2.01. The van der Waals surface area contributed by atoms with Gasteiger partial charge < -0.3 is 5.11 Å². The Balaban J connectivity index is 4.22. The summed E-state index contributed by atoms with van der Waals surface area (Å²) in [5, 5.41) is 8.26. The number of thiol groups is 1. The van der Waals surface area contributed by atoms with Crippen LogP contribution in [0.3, 0.4) is 0 Å². The van der Waals surface area contributed by atoms with Crippen LogP contribution >= 0.6 is 34.4 Å². The van der Waals surface area contributed by atoms with E-state index in [1.165, 1.54) is 11.8 Å². The van der Waals surface area contributed by atoms with Gasteiger partial charge in [-0.3, -0.25) is 14.3 Å². The zero-order valence-electron chi connectivity index (χ0n) is 7.89. The lowest BCUT2D eigenvalue weighted by Gasteiger charge is -2.15. The molecule has 0 aromatic rings. The molecule has 0 heterocycles. The number of carboxylic acid groups (broad SMARTS) is 1. The monoisotopic (exact) mass is 255 g/mol. The van der Waals surface area contributed by atoms with Crippen molar-refractivity contribution in [1.82, 2.24) is 4.72 Å². The first kappa shape index (κ1) is 14.0. The highest BCUT2D eigenvalue weighted by atomic mass is 33.1. The molecule has 0 aromatic carbocycles. The molecule has 0 aliphatic rings. The van der Waals surface area contributed by atoms with Crippen LogP contribution in [0.1, 0.15) is 20.3 Å². The highest BCUT2D eigenvalue weighted by molar-refractivity contribution is 8.68. The first-order valence-electron chi connectivity index (χ1n) is 3.95. The maximum Gasteiger partial charge on any atom is 0.305 e. The number of carbonyl (C=O) groups excluding carboxylic acids is 1. The fraction of sp³-hybridized carbons (Fsp3) is 0.714. The summed E-state index contributed by atoms with van der Waals surface area (Å²) >= 11 is 5.10. The second-order valence-electron chi connectivity index (χ2n) is 2.83. The lowest BCUT2D eigenvalue weighted by Crippen LogP contribution is -2.30. The Morgan fingerprint density at radius 1 is 1.50 bits per heavy atom. The van der Waals surface area contributed by atoms with Crippen molar-refractivity contribution in [2.75, 3.05) is 0 Å². The Kier molecular flexibility index (Phi) is 7.30. The SMILES string of the molecule is CC(C)SC(CC(=O)O)C(=O)NSS. The molecule has 0 aliphatic carbocycles. The molecule has 0 fully saturated rings. The number of hydrogen-bond donors (Lipinski definition) is 3. The third-order valence-electron chi connectivity index (χ3n) is 1.24. The summed E-state index contributed by atoms with van der Waals surface area (Å²) in [6.07, 6.45) is -0.164. The van der Waals surface area contributed by atoms with Gasteiger partial charge in [-0.15, -0.1) is 11.8 Å². The number of carbonyl (C=O) groups is 2. The van der Waals surface area contributed by atoms with Gasteiger partial charge in [-0.05, 0) is 5.25 Å². The van der Waals surface area contributed by atoms with Crippen LogP contribution in [0, 0.1) is 0 Å². The van der Waals surface area contributed by atoms with Gasteiger partial charge in [0.15, 0.2) is 0 Å². The van der Waals surface area contributed by atoms with E-state index in [0.29, 0.717) is 0 Å². The fourth-order valence-corrected chi connectivity index (χ4v) is 2.46. The number of nitrogens with one attached hydrogen (secondary N) is 1. The van der Waals surface area contributed by atoms with Gasteiger partial charge in [0.1, 0.15) is 0 Å². The van der Waals surface area contributed by atoms with Crippen LogP contribution in [-0.4, -0.2) is 27.5 Å². The molecule has 0 radical (unpaired) electrons. The van der Waals surface area contributed by atoms with Crippen molar-refractivity contribution in [2.24, 2.45) is 0 Å². The molecule has 7 heteroatoms. The van der Waals surface area contributed by atoms with Gasteiger partial charge >= 0.3 is 5.97 Å². The maximum atomic E-state index is 11.3. The summed E-state index contributed by atoms with van der Waals surface area (Å²) in [5.74, 6) is -1.27. The van der Waals surface area contributed by atoms with E-state index in [4.69, 9.17) is 5.11 Å². The van der Waals surface area contributed by atoms with E-state index in [0.717, 1.165) is 11.0 Å². The number of rotatable bonds is 6. The van der Waals surface area contributed by atoms with Crippen molar-refractivity contribution in [3.05, 3.63) is 0 Å². The molecule has 1 atom stereocenters. The molecule has 0 bridgehead atoms. The second kappa shape index (κ2) is 7.30. The zero-order valence-corrected chi connectivity index (χ0v) is 10.4. The molecule has 0 saturated carbocycles. The van der Waals surface area contributed by atoms with Crippen molar-refractivity contribution in [2.45, 2.75) is 30.8 Å². The molecule has 0 rings (SSSR count). The van der Waals surface area contributed by atoms with Crippen LogP contribution in [0.2, 0.25) is 0 Å². The Bertz CT molecular complexity index is 210. The fourth-order valence-electron chi connectivity index (χ4n) is 0.800. The van der Waals surface area contributed by atoms with Crippen LogP contribution in [0.25, 0.3) is 0 Å². The smallest absolute Gasteiger partial charge is 0.305 e. The maximum absolute atomic E-state index is 11.3. The van der Waals surface area contributed by atoms with Crippen molar-refractivity contribution >= 4 is 46.3 Å². The number of amides is 1. The normalized spacial score (nSPS) is 12.6. The van der Waals surface area contributed by atoms with E-state index < -0.39 is 11.2 Å². The molecular weight excluding hydrogens is 242 g/mol. The Morgan fingerprint density at radius 2 is 2.07 bits per heavy atom. The van der Waals surface area contributed by atoms with E-state index >= 15 is 0 Å². The third kappa shape index (κ3) is 6.44. The summed E-state index contributed by atoms with van der Waals surface area (Å²) in [6.45, 7) is 3.83. The lowest BCUT2D eigenvalue weighted by molar-refractivity contribution is -0.138. The van der Waals surface area contributed by atoms with Crippen molar-refractivity contribution in [3.63, 3.8) is 0 Å². The number of carboxylic acids is 1. The summed E-state index contributed by atoms with van der Waals surface area (Å²) in [4.78, 5) is 21.8. The second-order valence-corrected chi connectivity index (χ2v) is 5.55. The Labute approximate surface area is 96.5 Å².